The highest BCUT2D eigenvalue weighted by Gasteiger charge is 1.96. The van der Waals surface area contributed by atoms with Crippen LogP contribution in [0.2, 0.25) is 0 Å². The monoisotopic (exact) mass is 242 g/mol. The lowest BCUT2D eigenvalue weighted by molar-refractivity contribution is -0.109. The summed E-state index contributed by atoms with van der Waals surface area (Å²) in [5.41, 5.74) is 1.20. The van der Waals surface area contributed by atoms with Gasteiger partial charge in [0.15, 0.2) is 5.12 Å². The fraction of sp³-hybridized carbons (Fsp3) is 0.133. The van der Waals surface area contributed by atoms with E-state index in [4.69, 9.17) is 0 Å². The van der Waals surface area contributed by atoms with Crippen LogP contribution in [-0.2, 0) is 4.79 Å². The molecule has 17 heavy (non-hydrogen) atoms. The summed E-state index contributed by atoms with van der Waals surface area (Å²) in [6, 6.07) is 14.6. The van der Waals surface area contributed by atoms with Crippen LogP contribution in [0.1, 0.15) is 12.5 Å². The van der Waals surface area contributed by atoms with Gasteiger partial charge in [-0.2, -0.15) is 0 Å². The van der Waals surface area contributed by atoms with Crippen LogP contribution in [0.25, 0.3) is 16.8 Å². The lowest BCUT2D eigenvalue weighted by Gasteiger charge is -2.01. The Labute approximate surface area is 106 Å². The maximum Gasteiger partial charge on any atom is 0.186 e. The highest BCUT2D eigenvalue weighted by atomic mass is 32.2. The van der Waals surface area contributed by atoms with Gasteiger partial charge >= 0.3 is 0 Å². The molecule has 2 aromatic carbocycles. The summed E-state index contributed by atoms with van der Waals surface area (Å²) in [4.78, 5) is 10.8. The van der Waals surface area contributed by atoms with Crippen molar-refractivity contribution in [1.82, 2.24) is 0 Å². The smallest absolute Gasteiger partial charge is 0.186 e. The van der Waals surface area contributed by atoms with Crippen LogP contribution in [-0.4, -0.2) is 10.9 Å². The molecule has 0 aliphatic rings. The van der Waals surface area contributed by atoms with Crippen LogP contribution in [0, 0.1) is 0 Å². The zero-order valence-electron chi connectivity index (χ0n) is 9.72. The van der Waals surface area contributed by atoms with Gasteiger partial charge in [-0.05, 0) is 16.3 Å². The second kappa shape index (κ2) is 5.69. The summed E-state index contributed by atoms with van der Waals surface area (Å²) in [5, 5.41) is 2.65. The van der Waals surface area contributed by atoms with Crippen LogP contribution < -0.4 is 0 Å². The maximum atomic E-state index is 10.8. The van der Waals surface area contributed by atoms with Crippen molar-refractivity contribution < 1.29 is 4.79 Å². The van der Waals surface area contributed by atoms with E-state index in [1.165, 1.54) is 28.1 Å². The molecule has 86 valence electrons. The van der Waals surface area contributed by atoms with Crippen molar-refractivity contribution in [1.29, 1.82) is 0 Å². The number of carbonyl (C=O) groups is 1. The summed E-state index contributed by atoms with van der Waals surface area (Å²) in [6.07, 6.45) is 4.12. The molecule has 0 spiro atoms. The number of thioether (sulfide) groups is 1. The van der Waals surface area contributed by atoms with E-state index >= 15 is 0 Å². The first-order chi connectivity index (χ1) is 8.27. The third-order valence-electron chi connectivity index (χ3n) is 2.50. The molecule has 1 nitrogen and oxygen atoms in total. The van der Waals surface area contributed by atoms with E-state index in [0.717, 1.165) is 5.75 Å². The van der Waals surface area contributed by atoms with E-state index in [1.54, 1.807) is 6.92 Å². The first-order valence-electron chi connectivity index (χ1n) is 5.55. The molecular weight excluding hydrogens is 228 g/mol. The molecule has 0 aromatic heterocycles. The molecular formula is C15H14OS. The normalized spacial score (nSPS) is 11.1. The lowest BCUT2D eigenvalue weighted by Crippen LogP contribution is -1.82. The van der Waals surface area contributed by atoms with Crippen LogP contribution in [0.3, 0.4) is 0 Å². The van der Waals surface area contributed by atoms with E-state index in [-0.39, 0.29) is 5.12 Å². The Morgan fingerprint density at radius 3 is 2.76 bits per heavy atom. The van der Waals surface area contributed by atoms with Gasteiger partial charge in [0, 0.05) is 12.7 Å². The van der Waals surface area contributed by atoms with Gasteiger partial charge in [-0.25, -0.2) is 0 Å². The van der Waals surface area contributed by atoms with E-state index in [0.29, 0.717) is 0 Å². The molecule has 0 unspecified atom stereocenters. The van der Waals surface area contributed by atoms with Gasteiger partial charge in [-0.1, -0.05) is 66.4 Å². The second-order valence-corrected chi connectivity index (χ2v) is 4.97. The number of hydrogen-bond donors (Lipinski definition) is 0. The van der Waals surface area contributed by atoms with Crippen molar-refractivity contribution in [2.75, 3.05) is 5.75 Å². The van der Waals surface area contributed by atoms with Crippen LogP contribution in [0.15, 0.2) is 48.5 Å². The first kappa shape index (κ1) is 11.9. The van der Waals surface area contributed by atoms with Crippen molar-refractivity contribution >= 4 is 33.7 Å². The highest BCUT2D eigenvalue weighted by molar-refractivity contribution is 8.13. The standard InChI is InChI=1S/C15H14OS/c1-12(16)17-11-5-9-14-8-4-7-13-6-2-3-10-15(13)14/h2-10H,11H2,1H3. The minimum atomic E-state index is 0.160. The van der Waals surface area contributed by atoms with Gasteiger partial charge in [0.05, 0.1) is 0 Å². The number of carbonyl (C=O) groups excluding carboxylic acids is 1. The van der Waals surface area contributed by atoms with E-state index in [1.807, 2.05) is 18.2 Å². The SMILES string of the molecule is CC(=O)SCC=Cc1cccc2ccccc12. The molecule has 0 radical (unpaired) electrons. The van der Waals surface area contributed by atoms with Gasteiger partial charge in [0.25, 0.3) is 0 Å². The minimum absolute atomic E-state index is 0.160. The predicted octanol–water partition coefficient (Wildman–Crippen LogP) is 4.13. The Bertz CT molecular complexity index is 552. The summed E-state index contributed by atoms with van der Waals surface area (Å²) < 4.78 is 0. The Morgan fingerprint density at radius 1 is 1.18 bits per heavy atom. The number of hydrogen-bond acceptors (Lipinski definition) is 2. The summed E-state index contributed by atoms with van der Waals surface area (Å²) in [5.74, 6) is 0.735. The zero-order valence-corrected chi connectivity index (χ0v) is 10.5. The lowest BCUT2D eigenvalue weighted by atomic mass is 10.0. The highest BCUT2D eigenvalue weighted by Crippen LogP contribution is 2.19. The molecule has 0 N–H and O–H groups in total. The average molecular weight is 242 g/mol. The molecule has 2 heteroatoms. The molecule has 0 bridgehead atoms. The third-order valence-corrected chi connectivity index (χ3v) is 3.27. The molecule has 2 aromatic rings. The number of benzene rings is 2. The van der Waals surface area contributed by atoms with Gasteiger partial charge in [-0.15, -0.1) is 0 Å². The fourth-order valence-electron chi connectivity index (χ4n) is 1.74. The van der Waals surface area contributed by atoms with Crippen molar-refractivity contribution in [3.8, 4) is 0 Å². The van der Waals surface area contributed by atoms with Crippen molar-refractivity contribution in [3.63, 3.8) is 0 Å². The Hall–Kier alpha value is -1.54. The summed E-state index contributed by atoms with van der Waals surface area (Å²) in [7, 11) is 0. The molecule has 0 aliphatic heterocycles. The third kappa shape index (κ3) is 3.21. The first-order valence-corrected chi connectivity index (χ1v) is 6.53. The summed E-state index contributed by atoms with van der Waals surface area (Å²) in [6.45, 7) is 1.59. The maximum absolute atomic E-state index is 10.8. The average Bonchev–Trinajstić information content (AvgIpc) is 2.34. The van der Waals surface area contributed by atoms with Crippen molar-refractivity contribution in [2.45, 2.75) is 6.92 Å². The van der Waals surface area contributed by atoms with E-state index in [2.05, 4.69) is 36.4 Å². The largest absolute Gasteiger partial charge is 0.288 e. The van der Waals surface area contributed by atoms with Crippen LogP contribution in [0.4, 0.5) is 0 Å². The van der Waals surface area contributed by atoms with E-state index < -0.39 is 0 Å². The Kier molecular flexibility index (Phi) is 3.99. The van der Waals surface area contributed by atoms with Crippen molar-refractivity contribution in [3.05, 3.63) is 54.1 Å². The van der Waals surface area contributed by atoms with Gasteiger partial charge in [-0.3, -0.25) is 4.79 Å². The Morgan fingerprint density at radius 2 is 1.94 bits per heavy atom. The molecule has 0 saturated heterocycles. The zero-order chi connectivity index (χ0) is 12.1. The molecule has 0 heterocycles. The topological polar surface area (TPSA) is 17.1 Å². The molecule has 0 atom stereocenters. The molecule has 2 rings (SSSR count). The van der Waals surface area contributed by atoms with Gasteiger partial charge in [0.1, 0.15) is 0 Å². The second-order valence-electron chi connectivity index (χ2n) is 3.77. The van der Waals surface area contributed by atoms with E-state index in [9.17, 15) is 4.79 Å². The fourth-order valence-corrected chi connectivity index (χ4v) is 2.16. The quantitative estimate of drug-likeness (QED) is 0.805. The minimum Gasteiger partial charge on any atom is -0.288 e. The number of rotatable bonds is 3. The van der Waals surface area contributed by atoms with Gasteiger partial charge in [0.2, 0.25) is 0 Å². The molecule has 0 fully saturated rings. The number of fused-ring (bicyclic) bond motifs is 1. The van der Waals surface area contributed by atoms with Crippen molar-refractivity contribution in [2.24, 2.45) is 0 Å². The summed E-state index contributed by atoms with van der Waals surface area (Å²) >= 11 is 1.33. The predicted molar refractivity (Wildman–Crippen MR) is 76.1 cm³/mol. The molecule has 0 amide bonds. The molecule has 0 aliphatic carbocycles. The van der Waals surface area contributed by atoms with Gasteiger partial charge < -0.3 is 0 Å². The van der Waals surface area contributed by atoms with Crippen LogP contribution in [0.5, 0.6) is 0 Å². The van der Waals surface area contributed by atoms with Crippen LogP contribution >= 0.6 is 11.8 Å². The molecule has 0 saturated carbocycles. The Balaban J connectivity index is 2.21.